The van der Waals surface area contributed by atoms with Gasteiger partial charge in [0.1, 0.15) is 59.9 Å². The molecular weight excluding hydrogens is 1330 g/mol. The fourth-order valence-corrected chi connectivity index (χ4v) is 17.4. The van der Waals surface area contributed by atoms with Crippen molar-refractivity contribution in [1.82, 2.24) is 60.0 Å². The summed E-state index contributed by atoms with van der Waals surface area (Å²) in [6, 6.07) is -10.8. The summed E-state index contributed by atoms with van der Waals surface area (Å²) < 4.78 is 42.1. The van der Waals surface area contributed by atoms with E-state index in [0.29, 0.717) is 44.4 Å². The van der Waals surface area contributed by atoms with Gasteiger partial charge in [-0.15, -0.1) is 11.6 Å². The standard InChI is InChI=1S/C73H118ClF3N12O12/c1-15-45(5)60-69(99)83(10)46(6)64(94)89-37-33-54(89)68(98)85(12)56(40-48-27-25-44(4)26-28-48)67(97)82(9)42-58(90)78-52(32-30-47-29-31-50(51(74)39-47)73(75,76)77)65(95)88-36-21-24-53(88)63(93)80-72(34-19-20-35-72)71(101)87(14)61(49-22-17-16-18-23-49)70(100)86(13)57(66(96)81(7)8)41-59(91)84(11)55(38-43(2)3)62(92)79-60/h43-57,60-61H,15-42H2,1-14H3,(H,78,90)(H,79,92)(H,80,93)/t44?,45-,46-,47?,48?,50?,51?,52-,53-,54-,55-,56-,57-,60-,61-/m0/s1. The Morgan fingerprint density at radius 2 is 1.25 bits per heavy atom. The predicted molar refractivity (Wildman–Crippen MR) is 374 cm³/mol. The topological polar surface area (TPSA) is 270 Å². The van der Waals surface area contributed by atoms with Crippen LogP contribution in [0.4, 0.5) is 13.2 Å². The van der Waals surface area contributed by atoms with Crippen molar-refractivity contribution >= 4 is 82.5 Å². The highest BCUT2D eigenvalue weighted by atomic mass is 35.5. The minimum atomic E-state index is -4.51. The highest BCUT2D eigenvalue weighted by Gasteiger charge is 2.53. The quantitative estimate of drug-likeness (QED) is 0.191. The maximum Gasteiger partial charge on any atom is 0.393 e. The second-order valence-electron chi connectivity index (χ2n) is 31.7. The van der Waals surface area contributed by atoms with Crippen molar-refractivity contribution < 1.29 is 70.7 Å². The van der Waals surface area contributed by atoms with Gasteiger partial charge in [-0.25, -0.2) is 0 Å². The van der Waals surface area contributed by atoms with Crippen LogP contribution in [0.1, 0.15) is 202 Å². The average molecular weight is 1450 g/mol. The van der Waals surface area contributed by atoms with Gasteiger partial charge in [0, 0.05) is 74.8 Å². The number of hydrogen-bond donors (Lipinski definition) is 3. The van der Waals surface area contributed by atoms with Crippen LogP contribution in [0.2, 0.25) is 0 Å². The molecule has 7 fully saturated rings. The van der Waals surface area contributed by atoms with Crippen molar-refractivity contribution in [3.05, 3.63) is 0 Å². The van der Waals surface area contributed by atoms with E-state index in [0.717, 1.165) is 44.9 Å². The molecule has 3 aliphatic heterocycles. The molecule has 1 spiro atoms. The molecule has 13 atom stereocenters. The Balaban J connectivity index is 1.28. The van der Waals surface area contributed by atoms with Gasteiger partial charge < -0.3 is 60.0 Å². The smallest absolute Gasteiger partial charge is 0.347 e. The molecule has 0 aromatic rings. The molecule has 0 aromatic heterocycles. The molecular formula is C73H118ClF3N12O12. The number of rotatable bonds is 11. The second kappa shape index (κ2) is 35.5. The minimum absolute atomic E-state index is 0.00137. The van der Waals surface area contributed by atoms with E-state index < -0.39 is 173 Å². The van der Waals surface area contributed by atoms with E-state index in [2.05, 4.69) is 22.9 Å². The molecule has 24 nitrogen and oxygen atoms in total. The molecule has 570 valence electrons. The summed E-state index contributed by atoms with van der Waals surface area (Å²) in [6.45, 7) is 10.7. The van der Waals surface area contributed by atoms with E-state index in [1.54, 1.807) is 6.92 Å². The van der Waals surface area contributed by atoms with Gasteiger partial charge in [-0.3, -0.25) is 57.5 Å². The fourth-order valence-electron chi connectivity index (χ4n) is 16.8. The third-order valence-electron chi connectivity index (χ3n) is 23.9. The number of likely N-dealkylation sites (N-methyl/N-ethyl adjacent to an activating group) is 7. The highest BCUT2D eigenvalue weighted by Crippen LogP contribution is 2.44. The maximum absolute atomic E-state index is 15.7. The van der Waals surface area contributed by atoms with E-state index >= 15 is 24.0 Å². The second-order valence-corrected chi connectivity index (χ2v) is 32.2. The minimum Gasteiger partial charge on any atom is -0.347 e. The Kier molecular flexibility index (Phi) is 28.8. The first-order chi connectivity index (χ1) is 47.4. The van der Waals surface area contributed by atoms with E-state index in [1.165, 1.54) is 107 Å². The maximum atomic E-state index is 15.7. The summed E-state index contributed by atoms with van der Waals surface area (Å²) >= 11 is 6.42. The number of nitrogens with one attached hydrogen (secondary N) is 3. The van der Waals surface area contributed by atoms with Gasteiger partial charge in [-0.1, -0.05) is 98.8 Å². The Morgan fingerprint density at radius 3 is 1.82 bits per heavy atom. The summed E-state index contributed by atoms with van der Waals surface area (Å²) in [5, 5.41) is 7.66. The first kappa shape index (κ1) is 82.0. The number of alkyl halides is 4. The number of carbonyl (C=O) groups is 12. The first-order valence-electron chi connectivity index (χ1n) is 37.5. The predicted octanol–water partition coefficient (Wildman–Crippen LogP) is 6.34. The lowest BCUT2D eigenvalue weighted by molar-refractivity contribution is -0.182. The zero-order valence-electron chi connectivity index (χ0n) is 62.5. The van der Waals surface area contributed by atoms with Crippen LogP contribution >= 0.6 is 11.6 Å². The Labute approximate surface area is 601 Å². The molecule has 3 heterocycles. The van der Waals surface area contributed by atoms with Gasteiger partial charge in [0.15, 0.2) is 0 Å². The zero-order chi connectivity index (χ0) is 74.9. The summed E-state index contributed by atoms with van der Waals surface area (Å²) in [6.07, 6.45) is 4.77. The van der Waals surface area contributed by atoms with Crippen LogP contribution in [-0.4, -0.2) is 262 Å². The number of fused-ring (bicyclic) bond motifs is 2. The van der Waals surface area contributed by atoms with Crippen molar-refractivity contribution in [2.45, 2.75) is 274 Å². The molecule has 28 heteroatoms. The van der Waals surface area contributed by atoms with Crippen LogP contribution in [0.5, 0.6) is 0 Å². The van der Waals surface area contributed by atoms with Crippen molar-refractivity contribution in [3.8, 4) is 0 Å². The summed E-state index contributed by atoms with van der Waals surface area (Å²) in [4.78, 5) is 192. The van der Waals surface area contributed by atoms with Gasteiger partial charge in [-0.05, 0) is 132 Å². The number of halogens is 4. The zero-order valence-corrected chi connectivity index (χ0v) is 63.3. The third-order valence-corrected chi connectivity index (χ3v) is 24.4. The van der Waals surface area contributed by atoms with Crippen LogP contribution in [0.15, 0.2) is 0 Å². The van der Waals surface area contributed by atoms with Crippen molar-refractivity contribution in [1.29, 1.82) is 0 Å². The van der Waals surface area contributed by atoms with Crippen molar-refractivity contribution in [2.75, 3.05) is 76.0 Å². The lowest BCUT2D eigenvalue weighted by Crippen LogP contribution is -2.65. The van der Waals surface area contributed by atoms with Crippen LogP contribution < -0.4 is 16.0 Å². The number of nitrogens with zero attached hydrogens (tertiary/aromatic N) is 9. The van der Waals surface area contributed by atoms with Crippen LogP contribution in [0.25, 0.3) is 0 Å². The number of hydrogen-bond acceptors (Lipinski definition) is 12. The summed E-state index contributed by atoms with van der Waals surface area (Å²) in [5.41, 5.74) is -1.56. The molecule has 3 N–H and O–H groups in total. The molecule has 4 saturated carbocycles. The highest BCUT2D eigenvalue weighted by molar-refractivity contribution is 6.21. The van der Waals surface area contributed by atoms with Gasteiger partial charge in [0.25, 0.3) is 0 Å². The van der Waals surface area contributed by atoms with E-state index in [4.69, 9.17) is 11.6 Å². The summed E-state index contributed by atoms with van der Waals surface area (Å²) in [7, 11) is 11.7. The Bertz CT molecular complexity index is 2980. The lowest BCUT2D eigenvalue weighted by atomic mass is 9.78. The van der Waals surface area contributed by atoms with E-state index in [1.807, 2.05) is 20.8 Å². The van der Waals surface area contributed by atoms with Crippen LogP contribution in [0.3, 0.4) is 0 Å². The molecule has 4 aliphatic carbocycles. The monoisotopic (exact) mass is 1450 g/mol. The molecule has 0 radical (unpaired) electrons. The molecule has 0 aromatic carbocycles. The fraction of sp³-hybridized carbons (Fsp3) is 0.836. The normalized spacial score (nSPS) is 32.2. The van der Waals surface area contributed by atoms with Gasteiger partial charge in [-0.2, -0.15) is 13.2 Å². The van der Waals surface area contributed by atoms with Crippen molar-refractivity contribution in [2.24, 2.45) is 41.4 Å². The molecule has 7 aliphatic rings. The number of carbonyl (C=O) groups excluding carboxylic acids is 12. The molecule has 101 heavy (non-hydrogen) atoms. The average Bonchev–Trinajstić information content (AvgIpc) is 1.76. The molecule has 12 amide bonds. The molecule has 3 unspecified atom stereocenters. The van der Waals surface area contributed by atoms with E-state index in [-0.39, 0.29) is 101 Å². The molecule has 3 saturated heterocycles. The van der Waals surface area contributed by atoms with E-state index in [9.17, 15) is 46.7 Å². The first-order valence-corrected chi connectivity index (χ1v) is 37.9. The van der Waals surface area contributed by atoms with Crippen LogP contribution in [-0.2, 0) is 57.5 Å². The van der Waals surface area contributed by atoms with Gasteiger partial charge in [0.2, 0.25) is 70.9 Å². The number of amides is 12. The Morgan fingerprint density at radius 1 is 0.624 bits per heavy atom. The third kappa shape index (κ3) is 19.6. The van der Waals surface area contributed by atoms with Gasteiger partial charge in [0.05, 0.1) is 18.9 Å². The lowest BCUT2D eigenvalue weighted by Gasteiger charge is -2.45. The SMILES string of the molecule is CC[C@H](C)[C@@H]1NC(=O)[C@H](CC(C)C)N(C)C(=O)C[C@@H](C(=O)N(C)C)N(C)C(=O)[C@H](C2CCCCC2)N(C)C(=O)C2(CCCC2)NC(=O)[C@@H]2CCCN2C(=O)[C@H](CCC2CCC(C(F)(F)F)C(Cl)C2)NC(=O)CN(C)C(=O)[C@H](CC2CCC(C)CC2)N(C)C(=O)[C@@H]2CCN2C(=O)[C@H](C)N(C)C1=O. The largest absolute Gasteiger partial charge is 0.393 e. The molecule has 0 bridgehead atoms. The van der Waals surface area contributed by atoms with Crippen molar-refractivity contribution in [3.63, 3.8) is 0 Å². The Hall–Kier alpha value is -6.28. The molecule has 7 rings (SSSR count). The van der Waals surface area contributed by atoms with Crippen LogP contribution in [0, 0.1) is 41.4 Å². The van der Waals surface area contributed by atoms with Gasteiger partial charge >= 0.3 is 6.18 Å². The summed E-state index contributed by atoms with van der Waals surface area (Å²) in [5.74, 6) is -10.1.